The predicted molar refractivity (Wildman–Crippen MR) is 93.3 cm³/mol. The molecule has 8 heteroatoms. The number of rotatable bonds is 4. The van der Waals surface area contributed by atoms with E-state index in [-0.39, 0.29) is 11.6 Å². The van der Waals surface area contributed by atoms with Gasteiger partial charge in [0.25, 0.3) is 5.91 Å². The van der Waals surface area contributed by atoms with E-state index in [2.05, 4.69) is 10.1 Å². The molecule has 0 aliphatic rings. The molecule has 1 amide bonds. The largest absolute Gasteiger partial charge is 0.416 e. The Morgan fingerprint density at radius 1 is 1.15 bits per heavy atom. The summed E-state index contributed by atoms with van der Waals surface area (Å²) in [6.45, 7) is 1.82. The molecule has 1 aromatic heterocycles. The van der Waals surface area contributed by atoms with Crippen molar-refractivity contribution in [3.63, 3.8) is 0 Å². The fourth-order valence-corrected chi connectivity index (χ4v) is 2.68. The van der Waals surface area contributed by atoms with Crippen LogP contribution in [-0.2, 0) is 6.18 Å². The number of amides is 1. The molecule has 0 fully saturated rings. The van der Waals surface area contributed by atoms with Crippen molar-refractivity contribution in [3.05, 3.63) is 77.9 Å². The minimum Gasteiger partial charge on any atom is -0.335 e. The Balaban J connectivity index is 1.78. The molecule has 0 saturated heterocycles. The third-order valence-corrected chi connectivity index (χ3v) is 4.40. The van der Waals surface area contributed by atoms with Gasteiger partial charge in [0.05, 0.1) is 17.3 Å². The number of alkyl halides is 3. The quantitative estimate of drug-likeness (QED) is 0.690. The molecule has 0 aliphatic carbocycles. The number of hydrogen-bond donors (Lipinski definition) is 0. The van der Waals surface area contributed by atoms with Crippen LogP contribution in [0.5, 0.6) is 0 Å². The minimum absolute atomic E-state index is 0.00147. The molecule has 1 heterocycles. The second kappa shape index (κ2) is 7.22. The van der Waals surface area contributed by atoms with Crippen molar-refractivity contribution < 1.29 is 18.0 Å². The maximum atomic E-state index is 12.9. The van der Waals surface area contributed by atoms with Crippen molar-refractivity contribution in [3.8, 4) is 5.69 Å². The topological polar surface area (TPSA) is 51.0 Å². The number of halogens is 3. The van der Waals surface area contributed by atoms with Gasteiger partial charge < -0.3 is 4.90 Å². The summed E-state index contributed by atoms with van der Waals surface area (Å²) in [5.74, 6) is -0.478. The smallest absolute Gasteiger partial charge is 0.335 e. The fourth-order valence-electron chi connectivity index (χ4n) is 2.68. The molecule has 5 nitrogen and oxygen atoms in total. The van der Waals surface area contributed by atoms with E-state index < -0.39 is 17.6 Å². The highest BCUT2D eigenvalue weighted by atomic mass is 19.4. The first-order chi connectivity index (χ1) is 12.8. The lowest BCUT2D eigenvalue weighted by atomic mass is 10.0. The summed E-state index contributed by atoms with van der Waals surface area (Å²) in [6.07, 6.45) is -1.49. The number of carbonyl (C=O) groups is 1. The first-order valence-electron chi connectivity index (χ1n) is 8.17. The van der Waals surface area contributed by atoms with Crippen molar-refractivity contribution in [2.75, 3.05) is 7.05 Å². The van der Waals surface area contributed by atoms with Crippen molar-refractivity contribution >= 4 is 5.91 Å². The van der Waals surface area contributed by atoms with Gasteiger partial charge in [-0.25, -0.2) is 9.67 Å². The number of nitrogens with zero attached hydrogens (tertiary/aromatic N) is 4. The predicted octanol–water partition coefficient (Wildman–Crippen LogP) is 4.12. The molecule has 27 heavy (non-hydrogen) atoms. The lowest BCUT2D eigenvalue weighted by molar-refractivity contribution is -0.137. The Bertz CT molecular complexity index is 921. The van der Waals surface area contributed by atoms with Gasteiger partial charge in [0.1, 0.15) is 12.7 Å². The summed E-state index contributed by atoms with van der Waals surface area (Å²) >= 11 is 0. The van der Waals surface area contributed by atoms with Crippen LogP contribution in [0.1, 0.15) is 34.5 Å². The van der Waals surface area contributed by atoms with Gasteiger partial charge in [-0.15, -0.1) is 0 Å². The van der Waals surface area contributed by atoms with E-state index in [4.69, 9.17) is 0 Å². The van der Waals surface area contributed by atoms with Crippen LogP contribution in [0.4, 0.5) is 13.2 Å². The Kier molecular flexibility index (Phi) is 4.98. The molecule has 2 aromatic carbocycles. The van der Waals surface area contributed by atoms with Crippen molar-refractivity contribution in [2.24, 2.45) is 0 Å². The zero-order valence-electron chi connectivity index (χ0n) is 14.7. The van der Waals surface area contributed by atoms with Crippen LogP contribution in [0.15, 0.2) is 61.2 Å². The van der Waals surface area contributed by atoms with E-state index in [0.717, 1.165) is 23.4 Å². The van der Waals surface area contributed by atoms with Gasteiger partial charge in [0.15, 0.2) is 0 Å². The summed E-state index contributed by atoms with van der Waals surface area (Å²) in [6, 6.07) is 11.5. The molecule has 1 atom stereocenters. The van der Waals surface area contributed by atoms with Crippen LogP contribution in [0.25, 0.3) is 5.69 Å². The van der Waals surface area contributed by atoms with E-state index in [1.54, 1.807) is 18.1 Å². The van der Waals surface area contributed by atoms with Crippen LogP contribution < -0.4 is 0 Å². The minimum atomic E-state index is -4.49. The molecule has 0 saturated carbocycles. The maximum absolute atomic E-state index is 12.9. The van der Waals surface area contributed by atoms with E-state index in [9.17, 15) is 18.0 Å². The summed E-state index contributed by atoms with van der Waals surface area (Å²) in [7, 11) is 1.57. The third-order valence-electron chi connectivity index (χ3n) is 4.40. The van der Waals surface area contributed by atoms with Crippen LogP contribution in [-0.4, -0.2) is 32.6 Å². The zero-order chi connectivity index (χ0) is 19.6. The Morgan fingerprint density at radius 3 is 2.44 bits per heavy atom. The van der Waals surface area contributed by atoms with Gasteiger partial charge in [-0.1, -0.05) is 18.2 Å². The Morgan fingerprint density at radius 2 is 1.85 bits per heavy atom. The molecule has 0 radical (unpaired) electrons. The second-order valence-corrected chi connectivity index (χ2v) is 6.10. The molecule has 0 N–H and O–H groups in total. The van der Waals surface area contributed by atoms with Crippen molar-refractivity contribution in [1.82, 2.24) is 19.7 Å². The molecule has 0 aliphatic heterocycles. The monoisotopic (exact) mass is 374 g/mol. The Labute approximate surface area is 154 Å². The van der Waals surface area contributed by atoms with Gasteiger partial charge in [-0.3, -0.25) is 4.79 Å². The molecular formula is C19H17F3N4O. The molecule has 0 bridgehead atoms. The van der Waals surface area contributed by atoms with Crippen LogP contribution >= 0.6 is 0 Å². The SMILES string of the molecule is C[C@@H](c1ccc(-n2cncn2)cc1)N(C)C(=O)c1cccc(C(F)(F)F)c1. The lowest BCUT2D eigenvalue weighted by Crippen LogP contribution is -2.29. The standard InChI is InChI=1S/C19H17F3N4O/c1-13(14-6-8-17(9-7-14)26-12-23-11-24-26)25(2)18(27)15-4-3-5-16(10-15)19(20,21)22/h3-13H,1-2H3/t13-/m0/s1. The van der Waals surface area contributed by atoms with Gasteiger partial charge in [0, 0.05) is 12.6 Å². The molecule has 3 aromatic rings. The van der Waals surface area contributed by atoms with Crippen molar-refractivity contribution in [1.29, 1.82) is 0 Å². The van der Waals surface area contributed by atoms with Gasteiger partial charge in [-0.05, 0) is 42.8 Å². The van der Waals surface area contributed by atoms with E-state index in [0.29, 0.717) is 0 Å². The highest BCUT2D eigenvalue weighted by Gasteiger charge is 2.31. The first-order valence-corrected chi connectivity index (χ1v) is 8.17. The number of carbonyl (C=O) groups excluding carboxylic acids is 1. The van der Waals surface area contributed by atoms with Crippen LogP contribution in [0.3, 0.4) is 0 Å². The molecule has 0 unspecified atom stereocenters. The average Bonchev–Trinajstić information content (AvgIpc) is 3.20. The average molecular weight is 374 g/mol. The highest BCUT2D eigenvalue weighted by Crippen LogP contribution is 2.30. The normalized spacial score (nSPS) is 12.6. The van der Waals surface area contributed by atoms with Gasteiger partial charge >= 0.3 is 6.18 Å². The van der Waals surface area contributed by atoms with E-state index in [1.165, 1.54) is 23.4 Å². The maximum Gasteiger partial charge on any atom is 0.416 e. The highest BCUT2D eigenvalue weighted by molar-refractivity contribution is 5.94. The first kappa shape index (κ1) is 18.6. The Hall–Kier alpha value is -3.16. The number of benzene rings is 2. The summed E-state index contributed by atoms with van der Waals surface area (Å²) < 4.78 is 40.2. The molecule has 3 rings (SSSR count). The number of hydrogen-bond acceptors (Lipinski definition) is 3. The van der Waals surface area contributed by atoms with Crippen LogP contribution in [0, 0.1) is 0 Å². The lowest BCUT2D eigenvalue weighted by Gasteiger charge is -2.26. The second-order valence-electron chi connectivity index (χ2n) is 6.10. The van der Waals surface area contributed by atoms with E-state index in [1.807, 2.05) is 31.2 Å². The van der Waals surface area contributed by atoms with Gasteiger partial charge in [-0.2, -0.15) is 18.3 Å². The van der Waals surface area contributed by atoms with Gasteiger partial charge in [0.2, 0.25) is 0 Å². The summed E-state index contributed by atoms with van der Waals surface area (Å²) in [4.78, 5) is 17.9. The molecule has 140 valence electrons. The third kappa shape index (κ3) is 3.99. The molecular weight excluding hydrogens is 357 g/mol. The summed E-state index contributed by atoms with van der Waals surface area (Å²) in [5, 5.41) is 4.04. The fraction of sp³-hybridized carbons (Fsp3) is 0.211. The summed E-state index contributed by atoms with van der Waals surface area (Å²) in [5.41, 5.74) is 0.821. The molecule has 0 spiro atoms. The van der Waals surface area contributed by atoms with E-state index >= 15 is 0 Å². The zero-order valence-corrected chi connectivity index (χ0v) is 14.7. The van der Waals surface area contributed by atoms with Crippen LogP contribution in [0.2, 0.25) is 0 Å². The van der Waals surface area contributed by atoms with Crippen molar-refractivity contribution in [2.45, 2.75) is 19.1 Å². The number of aromatic nitrogens is 3.